The van der Waals surface area contributed by atoms with Crippen LogP contribution in [0.4, 0.5) is 0 Å². The van der Waals surface area contributed by atoms with Gasteiger partial charge in [-0.25, -0.2) is 4.98 Å². The molecule has 0 aliphatic carbocycles. The minimum absolute atomic E-state index is 0.146. The molecule has 0 aliphatic rings. The normalized spacial score (nSPS) is 11.3. The number of nitrogens with zero attached hydrogens (tertiary/aromatic N) is 3. The van der Waals surface area contributed by atoms with Crippen molar-refractivity contribution in [3.63, 3.8) is 0 Å². The summed E-state index contributed by atoms with van der Waals surface area (Å²) in [6.45, 7) is 2.74. The van der Waals surface area contributed by atoms with Crippen LogP contribution in [0.25, 0.3) is 11.0 Å². The highest BCUT2D eigenvalue weighted by Crippen LogP contribution is 2.16. The smallest absolute Gasteiger partial charge is 0.149 e. The molecule has 2 aromatic rings. The molecule has 0 saturated carbocycles. The van der Waals surface area contributed by atoms with Crippen molar-refractivity contribution in [1.82, 2.24) is 14.5 Å². The van der Waals surface area contributed by atoms with Crippen molar-refractivity contribution in [1.29, 1.82) is 0 Å². The summed E-state index contributed by atoms with van der Waals surface area (Å²) in [7, 11) is 3.99. The number of benzene rings is 1. The van der Waals surface area contributed by atoms with Crippen LogP contribution in [0.3, 0.4) is 0 Å². The van der Waals surface area contributed by atoms with Crippen LogP contribution < -0.4 is 0 Å². The van der Waals surface area contributed by atoms with E-state index in [1.165, 1.54) is 0 Å². The number of hydrogen-bond acceptors (Lipinski definition) is 3. The third-order valence-corrected chi connectivity index (χ3v) is 2.57. The lowest BCUT2D eigenvalue weighted by atomic mass is 10.3. The Bertz CT molecular complexity index is 543. The maximum atomic E-state index is 11.3. The summed E-state index contributed by atoms with van der Waals surface area (Å²) in [4.78, 5) is 18.0. The maximum Gasteiger partial charge on any atom is 0.149 e. The van der Waals surface area contributed by atoms with Crippen LogP contribution in [0.2, 0.25) is 0 Å². The first kappa shape index (κ1) is 11.8. The molecule has 2 rings (SSSR count). The molecule has 1 aromatic carbocycles. The first-order valence-electron chi connectivity index (χ1n) is 5.66. The van der Waals surface area contributed by atoms with Crippen LogP contribution in [0.5, 0.6) is 0 Å². The van der Waals surface area contributed by atoms with Gasteiger partial charge in [-0.2, -0.15) is 0 Å². The van der Waals surface area contributed by atoms with Crippen molar-refractivity contribution in [2.75, 3.05) is 14.1 Å². The van der Waals surface area contributed by atoms with E-state index in [2.05, 4.69) is 9.88 Å². The van der Waals surface area contributed by atoms with Crippen molar-refractivity contribution >= 4 is 16.8 Å². The molecule has 0 radical (unpaired) electrons. The molecule has 0 unspecified atom stereocenters. The van der Waals surface area contributed by atoms with Gasteiger partial charge in [0.15, 0.2) is 0 Å². The highest BCUT2D eigenvalue weighted by molar-refractivity contribution is 5.80. The highest BCUT2D eigenvalue weighted by atomic mass is 16.1. The number of aromatic nitrogens is 2. The van der Waals surface area contributed by atoms with E-state index in [9.17, 15) is 4.79 Å². The summed E-state index contributed by atoms with van der Waals surface area (Å²) in [5.74, 6) is 1.08. The third kappa shape index (κ3) is 2.53. The van der Waals surface area contributed by atoms with E-state index in [0.717, 1.165) is 23.4 Å². The predicted octanol–water partition coefficient (Wildman–Crippen LogP) is 1.69. The fourth-order valence-electron chi connectivity index (χ4n) is 1.93. The first-order valence-corrected chi connectivity index (χ1v) is 5.66. The molecular weight excluding hydrogens is 214 g/mol. The fourth-order valence-corrected chi connectivity index (χ4v) is 1.93. The Morgan fingerprint density at radius 1 is 1.35 bits per heavy atom. The summed E-state index contributed by atoms with van der Waals surface area (Å²) in [5, 5.41) is 0. The molecule has 0 aliphatic heterocycles. The number of ketones is 1. The van der Waals surface area contributed by atoms with E-state index in [-0.39, 0.29) is 5.78 Å². The SMILES string of the molecule is CC(=O)Cn1c(CN(C)C)nc2ccccc21. The zero-order valence-corrected chi connectivity index (χ0v) is 10.5. The van der Waals surface area contributed by atoms with Crippen LogP contribution >= 0.6 is 0 Å². The first-order chi connectivity index (χ1) is 8.08. The molecule has 1 aromatic heterocycles. The molecule has 0 N–H and O–H groups in total. The largest absolute Gasteiger partial charge is 0.319 e. The molecule has 1 heterocycles. The summed E-state index contributed by atoms with van der Waals surface area (Å²) in [6, 6.07) is 7.92. The van der Waals surface area contributed by atoms with Gasteiger partial charge in [0.05, 0.1) is 24.1 Å². The van der Waals surface area contributed by atoms with Crippen LogP contribution in [0, 0.1) is 0 Å². The summed E-state index contributed by atoms with van der Waals surface area (Å²) < 4.78 is 2.00. The lowest BCUT2D eigenvalue weighted by Crippen LogP contribution is -2.17. The lowest BCUT2D eigenvalue weighted by Gasteiger charge is -2.11. The van der Waals surface area contributed by atoms with Gasteiger partial charge in [-0.3, -0.25) is 4.79 Å². The number of Topliss-reactive ketones (excluding diaryl/α,β-unsaturated/α-hetero) is 1. The zero-order chi connectivity index (χ0) is 12.4. The number of imidazole rings is 1. The van der Waals surface area contributed by atoms with Crippen LogP contribution in [-0.4, -0.2) is 34.3 Å². The molecular formula is C13H17N3O. The molecule has 0 amide bonds. The van der Waals surface area contributed by atoms with Gasteiger partial charge in [0.1, 0.15) is 11.6 Å². The third-order valence-electron chi connectivity index (χ3n) is 2.57. The van der Waals surface area contributed by atoms with E-state index >= 15 is 0 Å². The standard InChI is InChI=1S/C13H17N3O/c1-10(17)8-16-12-7-5-4-6-11(12)14-13(16)9-15(2)3/h4-7H,8-9H2,1-3H3. The van der Waals surface area contributed by atoms with Crippen LogP contribution in [-0.2, 0) is 17.9 Å². The quantitative estimate of drug-likeness (QED) is 0.803. The van der Waals surface area contributed by atoms with Crippen molar-refractivity contribution < 1.29 is 4.79 Å². The van der Waals surface area contributed by atoms with E-state index in [4.69, 9.17) is 0 Å². The average Bonchev–Trinajstić information content (AvgIpc) is 2.55. The van der Waals surface area contributed by atoms with Gasteiger partial charge in [0, 0.05) is 0 Å². The summed E-state index contributed by atoms with van der Waals surface area (Å²) in [6.07, 6.45) is 0. The second-order valence-electron chi connectivity index (χ2n) is 4.54. The number of rotatable bonds is 4. The topological polar surface area (TPSA) is 38.1 Å². The summed E-state index contributed by atoms with van der Waals surface area (Å²) >= 11 is 0. The second-order valence-corrected chi connectivity index (χ2v) is 4.54. The highest BCUT2D eigenvalue weighted by Gasteiger charge is 2.11. The maximum absolute atomic E-state index is 11.3. The Labute approximate surface area is 101 Å². The molecule has 0 fully saturated rings. The van der Waals surface area contributed by atoms with Crippen LogP contribution in [0.1, 0.15) is 12.7 Å². The molecule has 4 nitrogen and oxygen atoms in total. The Kier molecular flexibility index (Phi) is 3.24. The van der Waals surface area contributed by atoms with Gasteiger partial charge < -0.3 is 9.47 Å². The average molecular weight is 231 g/mol. The summed E-state index contributed by atoms with van der Waals surface area (Å²) in [5.41, 5.74) is 1.98. The van der Waals surface area contributed by atoms with E-state index in [0.29, 0.717) is 6.54 Å². The number of carbonyl (C=O) groups is 1. The van der Waals surface area contributed by atoms with E-state index < -0.39 is 0 Å². The van der Waals surface area contributed by atoms with Crippen molar-refractivity contribution in [3.8, 4) is 0 Å². The predicted molar refractivity (Wildman–Crippen MR) is 67.8 cm³/mol. The monoisotopic (exact) mass is 231 g/mol. The van der Waals surface area contributed by atoms with Gasteiger partial charge in [-0.1, -0.05) is 12.1 Å². The van der Waals surface area contributed by atoms with Gasteiger partial charge >= 0.3 is 0 Å². The van der Waals surface area contributed by atoms with E-state index in [1.807, 2.05) is 42.9 Å². The number of carbonyl (C=O) groups excluding carboxylic acids is 1. The molecule has 0 bridgehead atoms. The fraction of sp³-hybridized carbons (Fsp3) is 0.385. The number of para-hydroxylation sites is 2. The Hall–Kier alpha value is -1.68. The van der Waals surface area contributed by atoms with Gasteiger partial charge in [-0.15, -0.1) is 0 Å². The minimum atomic E-state index is 0.146. The molecule has 0 atom stereocenters. The number of hydrogen-bond donors (Lipinski definition) is 0. The Balaban J connectivity index is 2.52. The molecule has 17 heavy (non-hydrogen) atoms. The van der Waals surface area contributed by atoms with Gasteiger partial charge in [0.25, 0.3) is 0 Å². The van der Waals surface area contributed by atoms with Crippen LogP contribution in [0.15, 0.2) is 24.3 Å². The molecule has 0 saturated heterocycles. The van der Waals surface area contributed by atoms with Gasteiger partial charge in [0.2, 0.25) is 0 Å². The molecule has 0 spiro atoms. The zero-order valence-electron chi connectivity index (χ0n) is 10.5. The second kappa shape index (κ2) is 4.67. The van der Waals surface area contributed by atoms with Crippen molar-refractivity contribution in [2.24, 2.45) is 0 Å². The lowest BCUT2D eigenvalue weighted by molar-refractivity contribution is -0.117. The van der Waals surface area contributed by atoms with Crippen molar-refractivity contribution in [2.45, 2.75) is 20.0 Å². The van der Waals surface area contributed by atoms with Gasteiger partial charge in [-0.05, 0) is 33.2 Å². The van der Waals surface area contributed by atoms with Crippen molar-refractivity contribution in [3.05, 3.63) is 30.1 Å². The Morgan fingerprint density at radius 2 is 2.06 bits per heavy atom. The number of fused-ring (bicyclic) bond motifs is 1. The Morgan fingerprint density at radius 3 is 2.71 bits per heavy atom. The molecule has 4 heteroatoms. The molecule has 90 valence electrons. The van der Waals surface area contributed by atoms with E-state index in [1.54, 1.807) is 6.92 Å². The minimum Gasteiger partial charge on any atom is -0.319 e.